The molecule has 1 aromatic rings. The molecule has 1 saturated heterocycles. The molecule has 2 heterocycles. The summed E-state index contributed by atoms with van der Waals surface area (Å²) in [6.07, 6.45) is 1.31. The average molecular weight is 357 g/mol. The van der Waals surface area contributed by atoms with Gasteiger partial charge in [-0.15, -0.1) is 0 Å². The summed E-state index contributed by atoms with van der Waals surface area (Å²) in [5.41, 5.74) is 0.680. The maximum atomic E-state index is 12.8. The van der Waals surface area contributed by atoms with Crippen LogP contribution in [0.2, 0.25) is 0 Å². The maximum Gasteiger partial charge on any atom is 0.262 e. The second-order valence-electron chi connectivity index (χ2n) is 6.66. The summed E-state index contributed by atoms with van der Waals surface area (Å²) in [6.45, 7) is 5.35. The molecule has 0 radical (unpaired) electrons. The SMILES string of the molecule is CCCC(=O)N1CCN(C(=O)C(C)N2C(=O)c3ccccc3C2=O)CC1. The highest BCUT2D eigenvalue weighted by molar-refractivity contribution is 6.22. The minimum Gasteiger partial charge on any atom is -0.339 e. The normalized spacial score (nSPS) is 18.2. The standard InChI is InChI=1S/C19H23N3O4/c1-3-6-16(23)20-9-11-21(12-10-20)17(24)13(2)22-18(25)14-7-4-5-8-15(14)19(22)26/h4-5,7-8,13H,3,6,9-12H2,1-2H3. The Morgan fingerprint density at radius 1 is 0.962 bits per heavy atom. The van der Waals surface area contributed by atoms with Gasteiger partial charge in [-0.1, -0.05) is 19.1 Å². The lowest BCUT2D eigenvalue weighted by molar-refractivity contribution is -0.141. The summed E-state index contributed by atoms with van der Waals surface area (Å²) < 4.78 is 0. The quantitative estimate of drug-likeness (QED) is 0.757. The second-order valence-corrected chi connectivity index (χ2v) is 6.66. The van der Waals surface area contributed by atoms with E-state index in [9.17, 15) is 19.2 Å². The van der Waals surface area contributed by atoms with E-state index in [2.05, 4.69) is 0 Å². The van der Waals surface area contributed by atoms with Crippen molar-refractivity contribution in [3.63, 3.8) is 0 Å². The molecule has 0 aliphatic carbocycles. The Kier molecular flexibility index (Phi) is 5.06. The van der Waals surface area contributed by atoms with E-state index in [4.69, 9.17) is 0 Å². The Hall–Kier alpha value is -2.70. The molecule has 0 saturated carbocycles. The Morgan fingerprint density at radius 2 is 1.46 bits per heavy atom. The van der Waals surface area contributed by atoms with Crippen molar-refractivity contribution in [3.05, 3.63) is 35.4 Å². The molecule has 0 N–H and O–H groups in total. The summed E-state index contributed by atoms with van der Waals surface area (Å²) in [6, 6.07) is 5.75. The first-order valence-corrected chi connectivity index (χ1v) is 8.99. The van der Waals surface area contributed by atoms with Gasteiger partial charge < -0.3 is 9.80 Å². The number of rotatable bonds is 4. The summed E-state index contributed by atoms with van der Waals surface area (Å²) in [5, 5.41) is 0. The zero-order chi connectivity index (χ0) is 18.8. The Morgan fingerprint density at radius 3 is 1.96 bits per heavy atom. The van der Waals surface area contributed by atoms with Gasteiger partial charge in [-0.25, -0.2) is 0 Å². The van der Waals surface area contributed by atoms with Crippen LogP contribution >= 0.6 is 0 Å². The van der Waals surface area contributed by atoms with E-state index in [1.165, 1.54) is 0 Å². The van der Waals surface area contributed by atoms with Crippen LogP contribution in [0.25, 0.3) is 0 Å². The highest BCUT2D eigenvalue weighted by atomic mass is 16.2. The smallest absolute Gasteiger partial charge is 0.262 e. The van der Waals surface area contributed by atoms with Gasteiger partial charge in [0.05, 0.1) is 11.1 Å². The summed E-state index contributed by atoms with van der Waals surface area (Å²) in [4.78, 5) is 54.3. The van der Waals surface area contributed by atoms with E-state index in [-0.39, 0.29) is 11.8 Å². The first-order valence-electron chi connectivity index (χ1n) is 8.99. The molecule has 1 atom stereocenters. The number of fused-ring (bicyclic) bond motifs is 1. The number of imide groups is 1. The minimum atomic E-state index is -0.861. The monoisotopic (exact) mass is 357 g/mol. The first kappa shape index (κ1) is 18.1. The molecular formula is C19H23N3O4. The Bertz CT molecular complexity index is 718. The number of hydrogen-bond donors (Lipinski definition) is 0. The van der Waals surface area contributed by atoms with Gasteiger partial charge in [0.2, 0.25) is 11.8 Å². The zero-order valence-corrected chi connectivity index (χ0v) is 15.1. The van der Waals surface area contributed by atoms with Crippen LogP contribution in [0.3, 0.4) is 0 Å². The molecule has 1 fully saturated rings. The summed E-state index contributed by atoms with van der Waals surface area (Å²) in [7, 11) is 0. The molecular weight excluding hydrogens is 334 g/mol. The topological polar surface area (TPSA) is 78.0 Å². The number of hydrogen-bond acceptors (Lipinski definition) is 4. The summed E-state index contributed by atoms with van der Waals surface area (Å²) in [5.74, 6) is -1.01. The van der Waals surface area contributed by atoms with Crippen LogP contribution in [-0.2, 0) is 9.59 Å². The van der Waals surface area contributed by atoms with Crippen molar-refractivity contribution in [1.29, 1.82) is 0 Å². The molecule has 4 amide bonds. The van der Waals surface area contributed by atoms with Crippen LogP contribution in [0.15, 0.2) is 24.3 Å². The van der Waals surface area contributed by atoms with Crippen LogP contribution in [0.4, 0.5) is 0 Å². The molecule has 0 spiro atoms. The molecule has 2 aliphatic heterocycles. The molecule has 7 nitrogen and oxygen atoms in total. The third-order valence-electron chi connectivity index (χ3n) is 4.98. The molecule has 26 heavy (non-hydrogen) atoms. The number of nitrogens with zero attached hydrogens (tertiary/aromatic N) is 3. The van der Waals surface area contributed by atoms with Crippen molar-refractivity contribution in [3.8, 4) is 0 Å². The van der Waals surface area contributed by atoms with Crippen molar-refractivity contribution >= 4 is 23.6 Å². The molecule has 138 valence electrons. The van der Waals surface area contributed by atoms with Crippen LogP contribution in [0.5, 0.6) is 0 Å². The molecule has 2 aliphatic rings. The van der Waals surface area contributed by atoms with Crippen molar-refractivity contribution in [2.45, 2.75) is 32.7 Å². The molecule has 0 bridgehead atoms. The second kappa shape index (κ2) is 7.27. The highest BCUT2D eigenvalue weighted by Crippen LogP contribution is 2.25. The number of piperazine rings is 1. The lowest BCUT2D eigenvalue weighted by Gasteiger charge is -2.37. The third-order valence-corrected chi connectivity index (χ3v) is 4.98. The molecule has 7 heteroatoms. The van der Waals surface area contributed by atoms with E-state index in [0.29, 0.717) is 43.7 Å². The number of amides is 4. The van der Waals surface area contributed by atoms with Crippen molar-refractivity contribution in [1.82, 2.24) is 14.7 Å². The predicted octanol–water partition coefficient (Wildman–Crippen LogP) is 1.14. The van der Waals surface area contributed by atoms with E-state index in [1.807, 2.05) is 6.92 Å². The van der Waals surface area contributed by atoms with Crippen molar-refractivity contribution in [2.75, 3.05) is 26.2 Å². The fourth-order valence-corrected chi connectivity index (χ4v) is 3.48. The van der Waals surface area contributed by atoms with Gasteiger partial charge in [0.1, 0.15) is 6.04 Å². The van der Waals surface area contributed by atoms with Gasteiger partial charge in [0.25, 0.3) is 11.8 Å². The number of benzene rings is 1. The first-order chi connectivity index (χ1) is 12.5. The summed E-state index contributed by atoms with van der Waals surface area (Å²) >= 11 is 0. The van der Waals surface area contributed by atoms with E-state index < -0.39 is 17.9 Å². The van der Waals surface area contributed by atoms with Crippen molar-refractivity contribution < 1.29 is 19.2 Å². The highest BCUT2D eigenvalue weighted by Gasteiger charge is 2.42. The minimum absolute atomic E-state index is 0.105. The Balaban J connectivity index is 1.66. The molecule has 1 unspecified atom stereocenters. The largest absolute Gasteiger partial charge is 0.339 e. The lowest BCUT2D eigenvalue weighted by atomic mass is 10.1. The van der Waals surface area contributed by atoms with Gasteiger partial charge in [0, 0.05) is 32.6 Å². The van der Waals surface area contributed by atoms with Crippen LogP contribution in [0, 0.1) is 0 Å². The third kappa shape index (κ3) is 3.09. The average Bonchev–Trinajstić information content (AvgIpc) is 2.92. The lowest BCUT2D eigenvalue weighted by Crippen LogP contribution is -2.56. The van der Waals surface area contributed by atoms with Gasteiger partial charge in [-0.2, -0.15) is 0 Å². The van der Waals surface area contributed by atoms with Crippen LogP contribution < -0.4 is 0 Å². The van der Waals surface area contributed by atoms with Gasteiger partial charge in [-0.05, 0) is 25.5 Å². The fourth-order valence-electron chi connectivity index (χ4n) is 3.48. The van der Waals surface area contributed by atoms with E-state index >= 15 is 0 Å². The van der Waals surface area contributed by atoms with Crippen LogP contribution in [0.1, 0.15) is 47.4 Å². The number of carbonyl (C=O) groups is 4. The van der Waals surface area contributed by atoms with E-state index in [1.54, 1.807) is 41.0 Å². The predicted molar refractivity (Wildman–Crippen MR) is 94.5 cm³/mol. The molecule has 3 rings (SSSR count). The van der Waals surface area contributed by atoms with Gasteiger partial charge in [-0.3, -0.25) is 24.1 Å². The zero-order valence-electron chi connectivity index (χ0n) is 15.1. The maximum absolute atomic E-state index is 12.8. The molecule has 0 aromatic heterocycles. The Labute approximate surface area is 152 Å². The number of carbonyl (C=O) groups excluding carboxylic acids is 4. The molecule has 1 aromatic carbocycles. The fraction of sp³-hybridized carbons (Fsp3) is 0.474. The van der Waals surface area contributed by atoms with Gasteiger partial charge in [0.15, 0.2) is 0 Å². The van der Waals surface area contributed by atoms with Gasteiger partial charge >= 0.3 is 0 Å². The van der Waals surface area contributed by atoms with E-state index in [0.717, 1.165) is 11.3 Å². The van der Waals surface area contributed by atoms with Crippen molar-refractivity contribution in [2.24, 2.45) is 0 Å². The van der Waals surface area contributed by atoms with Crippen LogP contribution in [-0.4, -0.2) is 70.5 Å².